The third kappa shape index (κ3) is 3.52. The Kier molecular flexibility index (Phi) is 5.15. The molecule has 0 heteroatoms. The van der Waals surface area contributed by atoms with E-state index in [1.165, 1.54) is 65.3 Å². The van der Waals surface area contributed by atoms with E-state index in [9.17, 15) is 0 Å². The minimum atomic E-state index is 1.33. The highest BCUT2D eigenvalue weighted by Crippen LogP contribution is 2.30. The second-order valence-corrected chi connectivity index (χ2v) is 8.84. The maximum atomic E-state index is 2.31. The van der Waals surface area contributed by atoms with Crippen molar-refractivity contribution in [1.29, 1.82) is 0 Å². The smallest absolute Gasteiger partial charge is 0.0119 e. The van der Waals surface area contributed by atoms with Crippen molar-refractivity contribution in [1.82, 2.24) is 0 Å². The zero-order valence-corrected chi connectivity index (χ0v) is 19.2. The Morgan fingerprint density at radius 1 is 0.375 bits per heavy atom. The first-order chi connectivity index (χ1) is 15.5. The molecule has 0 bridgehead atoms. The fourth-order valence-corrected chi connectivity index (χ4v) is 4.95. The van der Waals surface area contributed by atoms with Gasteiger partial charge in [-0.05, 0) is 111 Å². The van der Waals surface area contributed by atoms with Crippen LogP contribution in [-0.4, -0.2) is 0 Å². The van der Waals surface area contributed by atoms with E-state index >= 15 is 0 Å². The first kappa shape index (κ1) is 20.3. The van der Waals surface area contributed by atoms with Gasteiger partial charge in [0, 0.05) is 0 Å². The van der Waals surface area contributed by atoms with E-state index in [2.05, 4.69) is 125 Å². The van der Waals surface area contributed by atoms with E-state index < -0.39 is 0 Å². The summed E-state index contributed by atoms with van der Waals surface area (Å²) in [6.45, 7) is 8.75. The van der Waals surface area contributed by atoms with Crippen LogP contribution in [0.5, 0.6) is 0 Å². The van der Waals surface area contributed by atoms with Gasteiger partial charge in [0.05, 0.1) is 0 Å². The third-order valence-electron chi connectivity index (χ3n) is 6.67. The highest BCUT2D eigenvalue weighted by atomic mass is 14.1. The molecule has 0 aromatic heterocycles. The van der Waals surface area contributed by atoms with Gasteiger partial charge in [-0.25, -0.2) is 0 Å². The van der Waals surface area contributed by atoms with Crippen LogP contribution < -0.4 is 0 Å². The molecule has 0 heterocycles. The number of hydrogen-bond donors (Lipinski definition) is 0. The summed E-state index contributed by atoms with van der Waals surface area (Å²) in [7, 11) is 0. The molecule has 6 rings (SSSR count). The van der Waals surface area contributed by atoms with E-state index in [4.69, 9.17) is 0 Å². The molecular weight excluding hydrogens is 384 g/mol. The zero-order chi connectivity index (χ0) is 22.2. The lowest BCUT2D eigenvalue weighted by atomic mass is 9.95. The SMILES string of the molecule is Cc1cccc2cc3cccc(C)c3cc12.Cc1cccc2cc3ccccc3c(C)c12. The van der Waals surface area contributed by atoms with Crippen LogP contribution in [0.2, 0.25) is 0 Å². The molecule has 0 nitrogen and oxygen atoms in total. The van der Waals surface area contributed by atoms with Gasteiger partial charge in [-0.15, -0.1) is 0 Å². The molecule has 0 aliphatic rings. The van der Waals surface area contributed by atoms with Gasteiger partial charge in [0.15, 0.2) is 0 Å². The van der Waals surface area contributed by atoms with Crippen molar-refractivity contribution in [2.45, 2.75) is 27.7 Å². The van der Waals surface area contributed by atoms with Crippen LogP contribution in [0.1, 0.15) is 22.3 Å². The maximum absolute atomic E-state index is 2.31. The van der Waals surface area contributed by atoms with Crippen molar-refractivity contribution in [2.24, 2.45) is 0 Å². The Morgan fingerprint density at radius 3 is 1.50 bits per heavy atom. The van der Waals surface area contributed by atoms with Gasteiger partial charge in [-0.3, -0.25) is 0 Å². The summed E-state index contributed by atoms with van der Waals surface area (Å²) in [6, 6.07) is 35.0. The summed E-state index contributed by atoms with van der Waals surface area (Å²) < 4.78 is 0. The van der Waals surface area contributed by atoms with Crippen LogP contribution in [0.15, 0.2) is 97.1 Å². The van der Waals surface area contributed by atoms with Gasteiger partial charge in [0.1, 0.15) is 0 Å². The summed E-state index contributed by atoms with van der Waals surface area (Å²) >= 11 is 0. The monoisotopic (exact) mass is 412 g/mol. The molecule has 6 aromatic carbocycles. The standard InChI is InChI=1S/2C16H14/c1-11-5-3-7-13-9-14-8-4-6-12(2)16(14)10-15(11)13;1-11-6-5-8-14-10-13-7-3-4-9-15(13)12(2)16(11)14/h2*3-10H,1-2H3. The van der Waals surface area contributed by atoms with Crippen LogP contribution in [0.25, 0.3) is 43.1 Å². The van der Waals surface area contributed by atoms with Crippen molar-refractivity contribution in [3.05, 3.63) is 119 Å². The molecule has 32 heavy (non-hydrogen) atoms. The quantitative estimate of drug-likeness (QED) is 0.218. The summed E-state index contributed by atoms with van der Waals surface area (Å²) in [5.74, 6) is 0. The van der Waals surface area contributed by atoms with Gasteiger partial charge in [0.2, 0.25) is 0 Å². The van der Waals surface area contributed by atoms with Gasteiger partial charge < -0.3 is 0 Å². The van der Waals surface area contributed by atoms with Crippen LogP contribution in [0.4, 0.5) is 0 Å². The number of fused-ring (bicyclic) bond motifs is 4. The highest BCUT2D eigenvalue weighted by molar-refractivity contribution is 6.03. The molecule has 156 valence electrons. The minimum absolute atomic E-state index is 1.33. The van der Waals surface area contributed by atoms with E-state index in [1.54, 1.807) is 0 Å². The molecule has 0 atom stereocenters. The fourth-order valence-electron chi connectivity index (χ4n) is 4.95. The normalized spacial score (nSPS) is 11.1. The number of rotatable bonds is 0. The average Bonchev–Trinajstić information content (AvgIpc) is 2.79. The summed E-state index contributed by atoms with van der Waals surface area (Å²) in [5.41, 5.74) is 5.46. The second-order valence-electron chi connectivity index (χ2n) is 8.84. The Hall–Kier alpha value is -3.64. The summed E-state index contributed by atoms with van der Waals surface area (Å²) in [4.78, 5) is 0. The molecule has 0 saturated carbocycles. The van der Waals surface area contributed by atoms with E-state index in [0.717, 1.165) is 0 Å². The van der Waals surface area contributed by atoms with Crippen molar-refractivity contribution >= 4 is 43.1 Å². The van der Waals surface area contributed by atoms with Crippen LogP contribution in [0, 0.1) is 27.7 Å². The lowest BCUT2D eigenvalue weighted by Gasteiger charge is -2.09. The molecular formula is C32H28. The number of hydrogen-bond acceptors (Lipinski definition) is 0. The molecule has 0 fully saturated rings. The first-order valence-electron chi connectivity index (χ1n) is 11.3. The molecule has 0 N–H and O–H groups in total. The van der Waals surface area contributed by atoms with Crippen LogP contribution in [0.3, 0.4) is 0 Å². The summed E-state index contributed by atoms with van der Waals surface area (Å²) in [5, 5.41) is 10.8. The van der Waals surface area contributed by atoms with E-state index in [-0.39, 0.29) is 0 Å². The maximum Gasteiger partial charge on any atom is -0.0119 e. The summed E-state index contributed by atoms with van der Waals surface area (Å²) in [6.07, 6.45) is 0. The molecule has 0 spiro atoms. The molecule has 0 radical (unpaired) electrons. The van der Waals surface area contributed by atoms with Crippen molar-refractivity contribution in [2.75, 3.05) is 0 Å². The predicted octanol–water partition coefficient (Wildman–Crippen LogP) is 9.22. The zero-order valence-electron chi connectivity index (χ0n) is 19.2. The van der Waals surface area contributed by atoms with Gasteiger partial charge in [-0.1, -0.05) is 78.9 Å². The van der Waals surface area contributed by atoms with Crippen molar-refractivity contribution < 1.29 is 0 Å². The number of aryl methyl sites for hydroxylation is 4. The molecule has 0 saturated heterocycles. The third-order valence-corrected chi connectivity index (χ3v) is 6.67. The predicted molar refractivity (Wildman–Crippen MR) is 142 cm³/mol. The van der Waals surface area contributed by atoms with Crippen LogP contribution in [-0.2, 0) is 0 Å². The Balaban J connectivity index is 0.000000135. The molecule has 0 amide bonds. The lowest BCUT2D eigenvalue weighted by molar-refractivity contribution is 1.49. The molecule has 6 aromatic rings. The number of benzene rings is 6. The Morgan fingerprint density at radius 2 is 0.844 bits per heavy atom. The molecule has 0 aliphatic heterocycles. The topological polar surface area (TPSA) is 0 Å². The van der Waals surface area contributed by atoms with Crippen molar-refractivity contribution in [3.8, 4) is 0 Å². The highest BCUT2D eigenvalue weighted by Gasteiger charge is 2.05. The van der Waals surface area contributed by atoms with E-state index in [0.29, 0.717) is 0 Å². The largest absolute Gasteiger partial charge is 0.0616 e. The Labute approximate surface area is 190 Å². The van der Waals surface area contributed by atoms with Crippen LogP contribution >= 0.6 is 0 Å². The second kappa shape index (κ2) is 8.13. The minimum Gasteiger partial charge on any atom is -0.0616 e. The first-order valence-corrected chi connectivity index (χ1v) is 11.3. The van der Waals surface area contributed by atoms with E-state index in [1.807, 2.05) is 0 Å². The fraction of sp³-hybridized carbons (Fsp3) is 0.125. The van der Waals surface area contributed by atoms with Gasteiger partial charge in [-0.2, -0.15) is 0 Å². The Bertz CT molecular complexity index is 1520. The van der Waals surface area contributed by atoms with Crippen molar-refractivity contribution in [3.63, 3.8) is 0 Å². The van der Waals surface area contributed by atoms with Gasteiger partial charge in [0.25, 0.3) is 0 Å². The molecule has 0 aliphatic carbocycles. The van der Waals surface area contributed by atoms with Gasteiger partial charge >= 0.3 is 0 Å². The lowest BCUT2D eigenvalue weighted by Crippen LogP contribution is -1.85. The average molecular weight is 413 g/mol. The molecule has 0 unspecified atom stereocenters.